The van der Waals surface area contributed by atoms with E-state index in [1.807, 2.05) is 18.4 Å². The highest BCUT2D eigenvalue weighted by Gasteiger charge is 2.25. The van der Waals surface area contributed by atoms with Crippen LogP contribution in [0.4, 0.5) is 0 Å². The molecule has 0 saturated carbocycles. The lowest BCUT2D eigenvalue weighted by Gasteiger charge is -2.22. The van der Waals surface area contributed by atoms with E-state index in [1.165, 1.54) is 11.1 Å². The third kappa shape index (κ3) is 1.51. The summed E-state index contributed by atoms with van der Waals surface area (Å²) < 4.78 is 0. The van der Waals surface area contributed by atoms with E-state index in [4.69, 9.17) is 0 Å². The maximum absolute atomic E-state index is 11.6. The Kier molecular flexibility index (Phi) is 2.40. The van der Waals surface area contributed by atoms with E-state index in [9.17, 15) is 4.79 Å². The lowest BCUT2D eigenvalue weighted by atomic mass is 9.90. The van der Waals surface area contributed by atoms with E-state index in [0.717, 1.165) is 6.42 Å². The minimum atomic E-state index is 0.0879. The smallest absolute Gasteiger partial charge is 0.150 e. The van der Waals surface area contributed by atoms with Crippen LogP contribution in [0.2, 0.25) is 0 Å². The van der Waals surface area contributed by atoms with Gasteiger partial charge < -0.3 is 0 Å². The Morgan fingerprint density at radius 2 is 2.08 bits per heavy atom. The van der Waals surface area contributed by atoms with E-state index in [-0.39, 0.29) is 5.25 Å². The van der Waals surface area contributed by atoms with Crippen molar-refractivity contribution in [2.24, 2.45) is 0 Å². The van der Waals surface area contributed by atoms with Gasteiger partial charge in [-0.1, -0.05) is 24.3 Å². The molecule has 0 heterocycles. The SMILES string of the molecule is CSC1C(=O)CCc2ccccc21. The minimum Gasteiger partial charge on any atom is -0.298 e. The number of Topliss-reactive ketones (excluding diaryl/α,β-unsaturated/α-hetero) is 1. The Bertz CT molecular complexity index is 333. The monoisotopic (exact) mass is 192 g/mol. The molecule has 13 heavy (non-hydrogen) atoms. The molecular weight excluding hydrogens is 180 g/mol. The van der Waals surface area contributed by atoms with E-state index in [2.05, 4.69) is 12.1 Å². The number of hydrogen-bond acceptors (Lipinski definition) is 2. The van der Waals surface area contributed by atoms with Crippen LogP contribution in [-0.2, 0) is 11.2 Å². The molecule has 0 radical (unpaired) electrons. The van der Waals surface area contributed by atoms with Crippen LogP contribution in [-0.4, -0.2) is 12.0 Å². The predicted octanol–water partition coefficient (Wildman–Crippen LogP) is 2.61. The second-order valence-corrected chi connectivity index (χ2v) is 4.22. The van der Waals surface area contributed by atoms with E-state index < -0.39 is 0 Å². The van der Waals surface area contributed by atoms with Crippen LogP contribution in [0.15, 0.2) is 24.3 Å². The van der Waals surface area contributed by atoms with Crippen molar-refractivity contribution >= 4 is 17.5 Å². The Labute approximate surface area is 82.5 Å². The average molecular weight is 192 g/mol. The second-order valence-electron chi connectivity index (χ2n) is 3.28. The second kappa shape index (κ2) is 3.54. The van der Waals surface area contributed by atoms with Crippen molar-refractivity contribution in [2.45, 2.75) is 18.1 Å². The molecule has 1 aromatic rings. The van der Waals surface area contributed by atoms with Gasteiger partial charge in [-0.3, -0.25) is 4.79 Å². The van der Waals surface area contributed by atoms with Crippen LogP contribution in [0.3, 0.4) is 0 Å². The first kappa shape index (κ1) is 8.82. The molecule has 0 saturated heterocycles. The number of hydrogen-bond donors (Lipinski definition) is 0. The normalized spacial score (nSPS) is 21.3. The van der Waals surface area contributed by atoms with Crippen molar-refractivity contribution in [1.29, 1.82) is 0 Å². The molecular formula is C11H12OS. The first-order valence-corrected chi connectivity index (χ1v) is 5.75. The van der Waals surface area contributed by atoms with Gasteiger partial charge in [0, 0.05) is 6.42 Å². The molecule has 1 aliphatic rings. The number of aryl methyl sites for hydroxylation is 1. The molecule has 2 rings (SSSR count). The van der Waals surface area contributed by atoms with Crippen molar-refractivity contribution in [2.75, 3.05) is 6.26 Å². The number of carbonyl (C=O) groups excluding carboxylic acids is 1. The van der Waals surface area contributed by atoms with Gasteiger partial charge in [-0.2, -0.15) is 0 Å². The van der Waals surface area contributed by atoms with Gasteiger partial charge >= 0.3 is 0 Å². The summed E-state index contributed by atoms with van der Waals surface area (Å²) in [7, 11) is 0. The van der Waals surface area contributed by atoms with Gasteiger partial charge in [0.2, 0.25) is 0 Å². The van der Waals surface area contributed by atoms with E-state index >= 15 is 0 Å². The Balaban J connectivity index is 2.45. The molecule has 0 fully saturated rings. The van der Waals surface area contributed by atoms with Gasteiger partial charge in [-0.05, 0) is 23.8 Å². The van der Waals surface area contributed by atoms with Crippen LogP contribution >= 0.6 is 11.8 Å². The van der Waals surface area contributed by atoms with Crippen LogP contribution in [0, 0.1) is 0 Å². The number of fused-ring (bicyclic) bond motifs is 1. The molecule has 0 amide bonds. The Morgan fingerprint density at radius 3 is 2.85 bits per heavy atom. The first-order valence-electron chi connectivity index (χ1n) is 4.46. The molecule has 0 aliphatic heterocycles. The molecule has 68 valence electrons. The predicted molar refractivity (Wildman–Crippen MR) is 56.0 cm³/mol. The maximum atomic E-state index is 11.6. The highest BCUT2D eigenvalue weighted by Crippen LogP contribution is 2.35. The highest BCUT2D eigenvalue weighted by atomic mass is 32.2. The van der Waals surface area contributed by atoms with Gasteiger partial charge in [0.25, 0.3) is 0 Å². The first-order chi connectivity index (χ1) is 6.33. The lowest BCUT2D eigenvalue weighted by Crippen LogP contribution is -2.17. The third-order valence-corrected chi connectivity index (χ3v) is 3.49. The summed E-state index contributed by atoms with van der Waals surface area (Å²) in [6, 6.07) is 8.27. The zero-order valence-corrected chi connectivity index (χ0v) is 8.43. The van der Waals surface area contributed by atoms with Gasteiger partial charge in [0.05, 0.1) is 5.25 Å². The number of carbonyl (C=O) groups is 1. The fourth-order valence-corrected chi connectivity index (χ4v) is 2.70. The van der Waals surface area contributed by atoms with Gasteiger partial charge in [-0.25, -0.2) is 0 Å². The number of rotatable bonds is 1. The Morgan fingerprint density at radius 1 is 1.31 bits per heavy atom. The summed E-state index contributed by atoms with van der Waals surface area (Å²) in [6.45, 7) is 0. The summed E-state index contributed by atoms with van der Waals surface area (Å²) in [6.07, 6.45) is 3.64. The Hall–Kier alpha value is -0.760. The van der Waals surface area contributed by atoms with Gasteiger partial charge in [0.1, 0.15) is 0 Å². The summed E-state index contributed by atoms with van der Waals surface area (Å²) >= 11 is 1.65. The van der Waals surface area contributed by atoms with Gasteiger partial charge in [0.15, 0.2) is 5.78 Å². The molecule has 0 aromatic heterocycles. The number of thioether (sulfide) groups is 1. The van der Waals surface area contributed by atoms with E-state index in [1.54, 1.807) is 11.8 Å². The minimum absolute atomic E-state index is 0.0879. The largest absolute Gasteiger partial charge is 0.298 e. The summed E-state index contributed by atoms with van der Waals surface area (Å²) in [4.78, 5) is 11.6. The fraction of sp³-hybridized carbons (Fsp3) is 0.364. The summed E-state index contributed by atoms with van der Waals surface area (Å²) in [5, 5.41) is 0.0879. The maximum Gasteiger partial charge on any atom is 0.150 e. The zero-order valence-electron chi connectivity index (χ0n) is 7.62. The summed E-state index contributed by atoms with van der Waals surface area (Å²) in [5.74, 6) is 0.381. The fourth-order valence-electron chi connectivity index (χ4n) is 1.84. The highest BCUT2D eigenvalue weighted by molar-refractivity contribution is 7.99. The van der Waals surface area contributed by atoms with Crippen LogP contribution < -0.4 is 0 Å². The van der Waals surface area contributed by atoms with Crippen molar-refractivity contribution in [3.63, 3.8) is 0 Å². The molecule has 1 atom stereocenters. The molecule has 2 heteroatoms. The molecule has 1 nitrogen and oxygen atoms in total. The average Bonchev–Trinajstić information content (AvgIpc) is 2.18. The molecule has 0 bridgehead atoms. The molecule has 0 spiro atoms. The molecule has 1 aliphatic carbocycles. The quantitative estimate of drug-likeness (QED) is 0.680. The molecule has 0 N–H and O–H groups in total. The van der Waals surface area contributed by atoms with Crippen LogP contribution in [0.5, 0.6) is 0 Å². The lowest BCUT2D eigenvalue weighted by molar-refractivity contribution is -0.119. The standard InChI is InChI=1S/C11H12OS/c1-13-11-9-5-3-2-4-8(9)6-7-10(11)12/h2-5,11H,6-7H2,1H3. The van der Waals surface area contributed by atoms with Crippen molar-refractivity contribution in [3.8, 4) is 0 Å². The number of benzene rings is 1. The van der Waals surface area contributed by atoms with Crippen molar-refractivity contribution < 1.29 is 4.79 Å². The van der Waals surface area contributed by atoms with Crippen LogP contribution in [0.25, 0.3) is 0 Å². The summed E-state index contributed by atoms with van der Waals surface area (Å²) in [5.41, 5.74) is 2.58. The van der Waals surface area contributed by atoms with E-state index in [0.29, 0.717) is 12.2 Å². The molecule has 1 aromatic carbocycles. The molecule has 1 unspecified atom stereocenters. The van der Waals surface area contributed by atoms with Crippen molar-refractivity contribution in [3.05, 3.63) is 35.4 Å². The zero-order chi connectivity index (χ0) is 9.26. The van der Waals surface area contributed by atoms with Crippen LogP contribution in [0.1, 0.15) is 22.8 Å². The van der Waals surface area contributed by atoms with Gasteiger partial charge in [-0.15, -0.1) is 11.8 Å². The number of ketones is 1. The topological polar surface area (TPSA) is 17.1 Å². The van der Waals surface area contributed by atoms with Crippen molar-refractivity contribution in [1.82, 2.24) is 0 Å². The third-order valence-electron chi connectivity index (χ3n) is 2.51.